The van der Waals surface area contributed by atoms with Gasteiger partial charge in [0, 0.05) is 25.2 Å². The quantitative estimate of drug-likeness (QED) is 0.503. The number of nitrogens with one attached hydrogen (secondary N) is 1. The highest BCUT2D eigenvalue weighted by molar-refractivity contribution is 6.29. The lowest BCUT2D eigenvalue weighted by Crippen LogP contribution is -2.41. The molecule has 0 aliphatic carbocycles. The Morgan fingerprint density at radius 2 is 2.15 bits per heavy atom. The number of nitrogens with zero attached hydrogens (tertiary/aromatic N) is 3. The van der Waals surface area contributed by atoms with E-state index in [1.807, 2.05) is 0 Å². The van der Waals surface area contributed by atoms with Crippen LogP contribution in [0.15, 0.2) is 12.1 Å². The number of pyridine rings is 1. The van der Waals surface area contributed by atoms with E-state index in [0.29, 0.717) is 25.9 Å². The number of halogens is 1. The first-order valence-corrected chi connectivity index (χ1v) is 6.40. The van der Waals surface area contributed by atoms with Crippen LogP contribution in [0.2, 0.25) is 5.15 Å². The van der Waals surface area contributed by atoms with E-state index in [0.717, 1.165) is 0 Å². The molecule has 1 amide bonds. The van der Waals surface area contributed by atoms with Gasteiger partial charge in [-0.25, -0.2) is 9.78 Å². The van der Waals surface area contributed by atoms with Gasteiger partial charge < -0.3 is 15.3 Å². The van der Waals surface area contributed by atoms with Crippen LogP contribution in [0.25, 0.3) is 0 Å². The number of rotatable bonds is 3. The fourth-order valence-electron chi connectivity index (χ4n) is 2.09. The van der Waals surface area contributed by atoms with E-state index >= 15 is 0 Å². The Bertz CT molecular complexity index is 531. The molecule has 1 aliphatic heterocycles. The van der Waals surface area contributed by atoms with Gasteiger partial charge in [-0.3, -0.25) is 10.1 Å². The molecule has 20 heavy (non-hydrogen) atoms. The van der Waals surface area contributed by atoms with Crippen LogP contribution in [-0.4, -0.2) is 45.1 Å². The lowest BCUT2D eigenvalue weighted by molar-refractivity contribution is -0.384. The minimum absolute atomic E-state index is 0.0599. The Balaban J connectivity index is 2.06. The summed E-state index contributed by atoms with van der Waals surface area (Å²) < 4.78 is 0. The van der Waals surface area contributed by atoms with Gasteiger partial charge >= 0.3 is 11.8 Å². The van der Waals surface area contributed by atoms with Crippen LogP contribution in [0.4, 0.5) is 16.3 Å². The molecule has 0 unspecified atom stereocenters. The molecule has 0 atom stereocenters. The molecule has 0 saturated carbocycles. The van der Waals surface area contributed by atoms with Gasteiger partial charge in [0.1, 0.15) is 5.15 Å². The molecular weight excluding hydrogens is 288 g/mol. The number of aromatic nitrogens is 1. The molecule has 0 bridgehead atoms. The van der Waals surface area contributed by atoms with Crippen molar-refractivity contribution in [3.63, 3.8) is 0 Å². The van der Waals surface area contributed by atoms with Crippen molar-refractivity contribution in [2.45, 2.75) is 18.9 Å². The maximum atomic E-state index is 10.9. The molecule has 0 radical (unpaired) electrons. The summed E-state index contributed by atoms with van der Waals surface area (Å²) in [5, 5.41) is 22.9. The number of piperidine rings is 1. The van der Waals surface area contributed by atoms with Crippen molar-refractivity contribution in [3.8, 4) is 0 Å². The second-order valence-electron chi connectivity index (χ2n) is 4.45. The van der Waals surface area contributed by atoms with Gasteiger partial charge in [-0.1, -0.05) is 11.6 Å². The average Bonchev–Trinajstić information content (AvgIpc) is 2.39. The number of carboxylic acid groups (broad SMARTS) is 1. The van der Waals surface area contributed by atoms with Crippen LogP contribution >= 0.6 is 11.6 Å². The number of amides is 1. The van der Waals surface area contributed by atoms with Crippen LogP contribution in [0.1, 0.15) is 12.8 Å². The summed E-state index contributed by atoms with van der Waals surface area (Å²) >= 11 is 5.74. The van der Waals surface area contributed by atoms with E-state index in [1.54, 1.807) is 0 Å². The van der Waals surface area contributed by atoms with Crippen LogP contribution < -0.4 is 5.32 Å². The van der Waals surface area contributed by atoms with E-state index < -0.39 is 11.0 Å². The zero-order valence-electron chi connectivity index (χ0n) is 10.5. The van der Waals surface area contributed by atoms with Crippen LogP contribution in [0, 0.1) is 10.1 Å². The van der Waals surface area contributed by atoms with E-state index in [9.17, 15) is 14.9 Å². The third-order valence-corrected chi connectivity index (χ3v) is 3.35. The zero-order chi connectivity index (χ0) is 14.7. The van der Waals surface area contributed by atoms with Crippen LogP contribution in [0.3, 0.4) is 0 Å². The molecule has 1 saturated heterocycles. The number of hydrogen-bond acceptors (Lipinski definition) is 5. The zero-order valence-corrected chi connectivity index (χ0v) is 11.2. The molecule has 0 spiro atoms. The Hall–Kier alpha value is -2.09. The second kappa shape index (κ2) is 5.91. The fourth-order valence-corrected chi connectivity index (χ4v) is 2.24. The first-order valence-electron chi connectivity index (χ1n) is 6.02. The molecule has 9 heteroatoms. The normalized spacial score (nSPS) is 15.9. The van der Waals surface area contributed by atoms with Crippen LogP contribution in [0.5, 0.6) is 0 Å². The number of nitro groups is 1. The molecule has 1 fully saturated rings. The fraction of sp³-hybridized carbons (Fsp3) is 0.455. The van der Waals surface area contributed by atoms with E-state index in [4.69, 9.17) is 16.7 Å². The molecule has 2 N–H and O–H groups in total. The van der Waals surface area contributed by atoms with Gasteiger partial charge in [0.05, 0.1) is 4.92 Å². The summed E-state index contributed by atoms with van der Waals surface area (Å²) in [4.78, 5) is 26.4. The molecule has 1 aliphatic rings. The largest absolute Gasteiger partial charge is 0.465 e. The summed E-state index contributed by atoms with van der Waals surface area (Å²) in [6.45, 7) is 0.780. The van der Waals surface area contributed by atoms with Gasteiger partial charge in [-0.2, -0.15) is 0 Å². The second-order valence-corrected chi connectivity index (χ2v) is 4.83. The molecule has 2 rings (SSSR count). The molecule has 0 aromatic carbocycles. The predicted octanol–water partition coefficient (Wildman–Crippen LogP) is 2.20. The Labute approximate surface area is 119 Å². The van der Waals surface area contributed by atoms with Crippen molar-refractivity contribution in [2.24, 2.45) is 0 Å². The lowest BCUT2D eigenvalue weighted by atomic mass is 10.1. The van der Waals surface area contributed by atoms with Crippen LogP contribution in [-0.2, 0) is 0 Å². The topological polar surface area (TPSA) is 109 Å². The first kappa shape index (κ1) is 14.3. The summed E-state index contributed by atoms with van der Waals surface area (Å²) in [5.41, 5.74) is -0.143. The number of likely N-dealkylation sites (tertiary alicyclic amines) is 1. The Kier molecular flexibility index (Phi) is 4.23. The van der Waals surface area contributed by atoms with Crippen molar-refractivity contribution >= 4 is 29.2 Å². The number of hydrogen-bond donors (Lipinski definition) is 2. The van der Waals surface area contributed by atoms with Gasteiger partial charge in [-0.05, 0) is 18.9 Å². The van der Waals surface area contributed by atoms with Crippen molar-refractivity contribution in [3.05, 3.63) is 27.4 Å². The molecule has 1 aromatic heterocycles. The summed E-state index contributed by atoms with van der Waals surface area (Å²) in [7, 11) is 0. The van der Waals surface area contributed by atoms with Crippen molar-refractivity contribution < 1.29 is 14.8 Å². The molecule has 108 valence electrons. The lowest BCUT2D eigenvalue weighted by Gasteiger charge is -2.30. The third-order valence-electron chi connectivity index (χ3n) is 3.14. The summed E-state index contributed by atoms with van der Waals surface area (Å²) in [5.74, 6) is 0.122. The highest BCUT2D eigenvalue weighted by Gasteiger charge is 2.25. The highest BCUT2D eigenvalue weighted by Crippen LogP contribution is 2.26. The van der Waals surface area contributed by atoms with Crippen molar-refractivity contribution in [2.75, 3.05) is 18.4 Å². The highest BCUT2D eigenvalue weighted by atomic mass is 35.5. The molecule has 8 nitrogen and oxygen atoms in total. The van der Waals surface area contributed by atoms with Crippen molar-refractivity contribution in [1.82, 2.24) is 9.88 Å². The average molecular weight is 301 g/mol. The molecule has 1 aromatic rings. The number of anilines is 1. The van der Waals surface area contributed by atoms with E-state index in [1.165, 1.54) is 17.0 Å². The molecule has 2 heterocycles. The molecular formula is C11H13ClN4O4. The van der Waals surface area contributed by atoms with Gasteiger partial charge in [0.2, 0.25) is 5.82 Å². The third kappa shape index (κ3) is 3.27. The van der Waals surface area contributed by atoms with Crippen molar-refractivity contribution in [1.29, 1.82) is 0 Å². The summed E-state index contributed by atoms with van der Waals surface area (Å²) in [6, 6.07) is 2.59. The maximum Gasteiger partial charge on any atom is 0.407 e. The standard InChI is InChI=1S/C11H13ClN4O4/c12-9-2-1-8(16(19)20)10(14-9)13-7-3-5-15(6-4-7)11(17)18/h1-2,7H,3-6H2,(H,13,14)(H,17,18). The smallest absolute Gasteiger partial charge is 0.407 e. The predicted molar refractivity (Wildman–Crippen MR) is 72.1 cm³/mol. The Morgan fingerprint density at radius 1 is 1.50 bits per heavy atom. The number of carbonyl (C=O) groups is 1. The van der Waals surface area contributed by atoms with E-state index in [-0.39, 0.29) is 22.7 Å². The minimum Gasteiger partial charge on any atom is -0.465 e. The monoisotopic (exact) mass is 300 g/mol. The van der Waals surface area contributed by atoms with Gasteiger partial charge in [0.25, 0.3) is 0 Å². The maximum absolute atomic E-state index is 10.9. The first-order chi connectivity index (χ1) is 9.47. The van der Waals surface area contributed by atoms with Gasteiger partial charge in [-0.15, -0.1) is 0 Å². The van der Waals surface area contributed by atoms with E-state index in [2.05, 4.69) is 10.3 Å². The van der Waals surface area contributed by atoms with Gasteiger partial charge in [0.15, 0.2) is 0 Å². The minimum atomic E-state index is -0.949. The Morgan fingerprint density at radius 3 is 2.70 bits per heavy atom. The summed E-state index contributed by atoms with van der Waals surface area (Å²) in [6.07, 6.45) is 0.185. The SMILES string of the molecule is O=C(O)N1CCC(Nc2nc(Cl)ccc2[N+](=O)[O-])CC1.